The summed E-state index contributed by atoms with van der Waals surface area (Å²) >= 11 is 0. The van der Waals surface area contributed by atoms with Crippen LogP contribution in [0.3, 0.4) is 0 Å². The van der Waals surface area contributed by atoms with Crippen molar-refractivity contribution in [2.24, 2.45) is 22.9 Å². The Hall–Kier alpha value is -3.13. The number of hydrogen-bond acceptors (Lipinski definition) is 11. The molecule has 0 radical (unpaired) electrons. The van der Waals surface area contributed by atoms with Crippen LogP contribution in [0.25, 0.3) is 0 Å². The molecule has 1 rings (SSSR count). The highest BCUT2D eigenvalue weighted by molar-refractivity contribution is 5.95. The van der Waals surface area contributed by atoms with Crippen molar-refractivity contribution in [2.75, 3.05) is 85.8 Å². The molecule has 51 heavy (non-hydrogen) atoms. The summed E-state index contributed by atoms with van der Waals surface area (Å²) < 4.78 is 41.3. The van der Waals surface area contributed by atoms with Crippen LogP contribution in [0.5, 0.6) is 17.2 Å². The quantitative estimate of drug-likeness (QED) is 0.0558. The van der Waals surface area contributed by atoms with Crippen molar-refractivity contribution in [3.05, 3.63) is 17.7 Å². The Morgan fingerprint density at radius 3 is 1.53 bits per heavy atom. The molecule has 13 nitrogen and oxygen atoms in total. The number of hydrogen-bond donors (Lipinski definition) is 2. The zero-order valence-corrected chi connectivity index (χ0v) is 32.8. The van der Waals surface area contributed by atoms with Crippen LogP contribution in [0.15, 0.2) is 17.3 Å². The molecule has 0 aliphatic heterocycles. The standard InChI is InChI=1S/C38H67N3O10/c1-10-41-51-38(8,9)37(43)40-15-20-47-19-14-39-36(42)32-27-33(48-24-21-44-16-11-29(2)3)35(50-26-23-46-18-13-31(6)7)34(28-32)49-25-22-45-17-12-30(4)5/h10,27-31H,11-26H2,1-9H3,(H,39,42)(H,40,43)/b41-10+. The number of oxime groups is 1. The number of nitrogens with one attached hydrogen (secondary N) is 2. The summed E-state index contributed by atoms with van der Waals surface area (Å²) in [6, 6.07) is 3.29. The maximum Gasteiger partial charge on any atom is 0.266 e. The molecule has 1 aromatic carbocycles. The minimum atomic E-state index is -1.10. The van der Waals surface area contributed by atoms with Gasteiger partial charge in [0.1, 0.15) is 19.8 Å². The lowest BCUT2D eigenvalue weighted by Crippen LogP contribution is -2.44. The summed E-state index contributed by atoms with van der Waals surface area (Å²) in [6.45, 7) is 22.8. The lowest BCUT2D eigenvalue weighted by Gasteiger charge is -2.21. The number of nitrogens with zero attached hydrogens (tertiary/aromatic N) is 1. The Morgan fingerprint density at radius 2 is 1.08 bits per heavy atom. The Morgan fingerprint density at radius 1 is 0.647 bits per heavy atom. The number of amides is 2. The average molecular weight is 726 g/mol. The topological polar surface area (TPSA) is 144 Å². The van der Waals surface area contributed by atoms with E-state index in [1.165, 1.54) is 6.21 Å². The molecule has 0 heterocycles. The van der Waals surface area contributed by atoms with Crippen molar-refractivity contribution in [3.63, 3.8) is 0 Å². The minimum Gasteiger partial charge on any atom is -0.487 e. The molecule has 0 atom stereocenters. The van der Waals surface area contributed by atoms with Crippen molar-refractivity contribution in [3.8, 4) is 17.2 Å². The van der Waals surface area contributed by atoms with Gasteiger partial charge < -0.3 is 48.6 Å². The normalized spacial score (nSPS) is 11.8. The number of carbonyl (C=O) groups excluding carboxylic acids is 2. The van der Waals surface area contributed by atoms with Gasteiger partial charge in [-0.2, -0.15) is 0 Å². The van der Waals surface area contributed by atoms with Crippen LogP contribution < -0.4 is 24.8 Å². The fourth-order valence-electron chi connectivity index (χ4n) is 4.07. The predicted molar refractivity (Wildman–Crippen MR) is 199 cm³/mol. The van der Waals surface area contributed by atoms with Crippen molar-refractivity contribution in [1.29, 1.82) is 0 Å². The first-order valence-electron chi connectivity index (χ1n) is 18.5. The zero-order chi connectivity index (χ0) is 37.9. The Balaban J connectivity index is 2.94. The highest BCUT2D eigenvalue weighted by Gasteiger charge is 2.29. The molecule has 0 fully saturated rings. The molecule has 0 saturated carbocycles. The molecule has 294 valence electrons. The molecule has 2 N–H and O–H groups in total. The van der Waals surface area contributed by atoms with Gasteiger partial charge in [-0.3, -0.25) is 9.59 Å². The van der Waals surface area contributed by atoms with E-state index in [0.717, 1.165) is 19.3 Å². The van der Waals surface area contributed by atoms with E-state index < -0.39 is 5.60 Å². The van der Waals surface area contributed by atoms with Crippen LogP contribution in [0, 0.1) is 17.8 Å². The number of carbonyl (C=O) groups is 2. The van der Waals surface area contributed by atoms with Gasteiger partial charge in [0.25, 0.3) is 11.8 Å². The zero-order valence-electron chi connectivity index (χ0n) is 32.8. The van der Waals surface area contributed by atoms with E-state index >= 15 is 0 Å². The molecule has 0 spiro atoms. The Labute approximate surface area is 306 Å². The summed E-state index contributed by atoms with van der Waals surface area (Å²) in [7, 11) is 0. The van der Waals surface area contributed by atoms with E-state index in [-0.39, 0.29) is 57.9 Å². The van der Waals surface area contributed by atoms with Crippen LogP contribution in [0.2, 0.25) is 0 Å². The fourth-order valence-corrected chi connectivity index (χ4v) is 4.07. The van der Waals surface area contributed by atoms with E-state index in [1.807, 2.05) is 0 Å². The van der Waals surface area contributed by atoms with Gasteiger partial charge in [0, 0.05) is 44.7 Å². The van der Waals surface area contributed by atoms with Gasteiger partial charge in [-0.15, -0.1) is 0 Å². The first-order chi connectivity index (χ1) is 24.4. The molecular formula is C38H67N3O10. The molecule has 0 unspecified atom stereocenters. The van der Waals surface area contributed by atoms with Gasteiger partial charge in [-0.25, -0.2) is 0 Å². The molecular weight excluding hydrogens is 658 g/mol. The Kier molecular flexibility index (Phi) is 24.8. The number of ether oxygens (including phenoxy) is 7. The first kappa shape index (κ1) is 45.9. The lowest BCUT2D eigenvalue weighted by molar-refractivity contribution is -0.142. The van der Waals surface area contributed by atoms with Crippen molar-refractivity contribution < 1.29 is 47.6 Å². The van der Waals surface area contributed by atoms with Crippen LogP contribution in [0.4, 0.5) is 0 Å². The summed E-state index contributed by atoms with van der Waals surface area (Å²) in [6.07, 6.45) is 4.35. The van der Waals surface area contributed by atoms with Gasteiger partial charge in [-0.05, 0) is 69.9 Å². The summed E-state index contributed by atoms with van der Waals surface area (Å²) in [4.78, 5) is 30.8. The molecule has 0 saturated heterocycles. The SMILES string of the molecule is C/C=N/OC(C)(C)C(=O)NCCOCCNC(=O)c1cc(OCCOCCC(C)C)c(OCCOCCC(C)C)c(OCCOCCC(C)C)c1. The molecule has 13 heteroatoms. The van der Waals surface area contributed by atoms with Crippen molar-refractivity contribution in [2.45, 2.75) is 87.2 Å². The third-order valence-electron chi connectivity index (χ3n) is 7.24. The molecule has 2 amide bonds. The number of rotatable bonds is 31. The van der Waals surface area contributed by atoms with Gasteiger partial charge in [0.2, 0.25) is 11.4 Å². The molecule has 1 aromatic rings. The smallest absolute Gasteiger partial charge is 0.266 e. The maximum absolute atomic E-state index is 13.3. The second-order valence-corrected chi connectivity index (χ2v) is 13.8. The van der Waals surface area contributed by atoms with Crippen molar-refractivity contribution in [1.82, 2.24) is 10.6 Å². The van der Waals surface area contributed by atoms with Crippen molar-refractivity contribution >= 4 is 18.0 Å². The molecule has 0 aliphatic carbocycles. The van der Waals surface area contributed by atoms with E-state index in [9.17, 15) is 9.59 Å². The number of benzene rings is 1. The van der Waals surface area contributed by atoms with Gasteiger partial charge in [0.05, 0.1) is 33.0 Å². The second kappa shape index (κ2) is 27.5. The first-order valence-corrected chi connectivity index (χ1v) is 18.5. The van der Waals surface area contributed by atoms with E-state index in [4.69, 9.17) is 38.0 Å². The van der Waals surface area contributed by atoms with Gasteiger partial charge in [-0.1, -0.05) is 46.7 Å². The largest absolute Gasteiger partial charge is 0.487 e. The molecule has 0 bridgehead atoms. The van der Waals surface area contributed by atoms with Gasteiger partial charge >= 0.3 is 0 Å². The second-order valence-electron chi connectivity index (χ2n) is 13.8. The van der Waals surface area contributed by atoms with Crippen LogP contribution >= 0.6 is 0 Å². The lowest BCUT2D eigenvalue weighted by atomic mass is 10.1. The minimum absolute atomic E-state index is 0.244. The maximum atomic E-state index is 13.3. The highest BCUT2D eigenvalue weighted by Crippen LogP contribution is 2.39. The monoisotopic (exact) mass is 725 g/mol. The summed E-state index contributed by atoms with van der Waals surface area (Å²) in [5.74, 6) is 2.13. The van der Waals surface area contributed by atoms with Gasteiger partial charge in [0.15, 0.2) is 11.5 Å². The summed E-state index contributed by atoms with van der Waals surface area (Å²) in [5.41, 5.74) is -0.763. The van der Waals surface area contributed by atoms with E-state index in [1.54, 1.807) is 32.9 Å². The average Bonchev–Trinajstić information content (AvgIpc) is 3.07. The predicted octanol–water partition coefficient (Wildman–Crippen LogP) is 5.67. The fraction of sp³-hybridized carbons (Fsp3) is 0.763. The molecule has 0 aromatic heterocycles. The van der Waals surface area contributed by atoms with Crippen LogP contribution in [0.1, 0.15) is 91.9 Å². The third-order valence-corrected chi connectivity index (χ3v) is 7.24. The molecule has 0 aliphatic rings. The van der Waals surface area contributed by atoms with Crippen LogP contribution in [-0.4, -0.2) is 109 Å². The summed E-state index contributed by atoms with van der Waals surface area (Å²) in [5, 5.41) is 9.31. The Bertz CT molecular complexity index is 1070. The van der Waals surface area contributed by atoms with E-state index in [2.05, 4.69) is 57.3 Å². The van der Waals surface area contributed by atoms with E-state index in [0.29, 0.717) is 80.2 Å². The van der Waals surface area contributed by atoms with Crippen LogP contribution in [-0.2, 0) is 28.6 Å². The third kappa shape index (κ3) is 22.4. The highest BCUT2D eigenvalue weighted by atomic mass is 16.7.